The number of esters is 1. The third-order valence-corrected chi connectivity index (χ3v) is 5.62. The van der Waals surface area contributed by atoms with E-state index in [1.807, 2.05) is 13.8 Å². The lowest BCUT2D eigenvalue weighted by atomic mass is 9.86. The monoisotopic (exact) mass is 355 g/mol. The fraction of sp³-hybridized carbons (Fsp3) is 0.562. The van der Waals surface area contributed by atoms with Gasteiger partial charge in [0.25, 0.3) is 0 Å². The molecule has 1 aromatic rings. The predicted molar refractivity (Wildman–Crippen MR) is 92.6 cm³/mol. The average molecular weight is 355 g/mol. The highest BCUT2D eigenvalue weighted by molar-refractivity contribution is 7.89. The standard InChI is InChI=1S/C16H25N3O4S/c1-10(2)23-16(20)11-3-5-12(6-4-11)19-24(21,22)13-7-8-14(17)15(18)9-13/h7-12,19H,3-6,17-18H2,1-2H3/t11-,12-. The minimum atomic E-state index is -3.66. The molecule has 0 saturated heterocycles. The van der Waals surface area contributed by atoms with Gasteiger partial charge in [-0.2, -0.15) is 0 Å². The Kier molecular flexibility index (Phi) is 5.71. The molecule has 0 aromatic heterocycles. The number of carbonyl (C=O) groups excluding carboxylic acids is 1. The molecule has 0 radical (unpaired) electrons. The fourth-order valence-corrected chi connectivity index (χ4v) is 4.12. The summed E-state index contributed by atoms with van der Waals surface area (Å²) in [6.07, 6.45) is 2.29. The summed E-state index contributed by atoms with van der Waals surface area (Å²) in [5.41, 5.74) is 11.9. The van der Waals surface area contributed by atoms with Crippen molar-refractivity contribution >= 4 is 27.4 Å². The molecule has 1 aliphatic carbocycles. The smallest absolute Gasteiger partial charge is 0.309 e. The predicted octanol–water partition coefficient (Wildman–Crippen LogP) is 1.64. The molecule has 1 fully saturated rings. The fourth-order valence-electron chi connectivity index (χ4n) is 2.78. The van der Waals surface area contributed by atoms with Gasteiger partial charge in [0, 0.05) is 6.04 Å². The van der Waals surface area contributed by atoms with Crippen LogP contribution in [0.5, 0.6) is 0 Å². The van der Waals surface area contributed by atoms with Crippen LogP contribution >= 0.6 is 0 Å². The maximum atomic E-state index is 12.4. The zero-order chi connectivity index (χ0) is 17.9. The molecule has 1 aliphatic rings. The first-order chi connectivity index (χ1) is 11.2. The van der Waals surface area contributed by atoms with Crippen molar-refractivity contribution in [2.24, 2.45) is 5.92 Å². The first kappa shape index (κ1) is 18.5. The van der Waals surface area contributed by atoms with Crippen LogP contribution in [0.25, 0.3) is 0 Å². The van der Waals surface area contributed by atoms with Gasteiger partial charge in [0.1, 0.15) is 0 Å². The molecule has 0 amide bonds. The number of benzene rings is 1. The van der Waals surface area contributed by atoms with Crippen molar-refractivity contribution in [2.75, 3.05) is 11.5 Å². The van der Waals surface area contributed by atoms with E-state index in [9.17, 15) is 13.2 Å². The van der Waals surface area contributed by atoms with Gasteiger partial charge in [-0.05, 0) is 57.7 Å². The van der Waals surface area contributed by atoms with Crippen LogP contribution in [-0.2, 0) is 19.6 Å². The summed E-state index contributed by atoms with van der Waals surface area (Å²) < 4.78 is 32.7. The van der Waals surface area contributed by atoms with Gasteiger partial charge in [-0.3, -0.25) is 4.79 Å². The van der Waals surface area contributed by atoms with Crippen LogP contribution in [0, 0.1) is 5.92 Å². The lowest BCUT2D eigenvalue weighted by Gasteiger charge is -2.28. The van der Waals surface area contributed by atoms with Gasteiger partial charge in [-0.25, -0.2) is 13.1 Å². The first-order valence-corrected chi connectivity index (χ1v) is 9.55. The van der Waals surface area contributed by atoms with Gasteiger partial charge >= 0.3 is 5.97 Å². The van der Waals surface area contributed by atoms with Gasteiger partial charge in [-0.15, -0.1) is 0 Å². The molecule has 0 atom stereocenters. The Morgan fingerprint density at radius 3 is 2.33 bits per heavy atom. The van der Waals surface area contributed by atoms with E-state index in [2.05, 4.69) is 4.72 Å². The van der Waals surface area contributed by atoms with Crippen molar-refractivity contribution in [1.29, 1.82) is 0 Å². The molecule has 24 heavy (non-hydrogen) atoms. The minimum Gasteiger partial charge on any atom is -0.463 e. The number of rotatable bonds is 5. The number of anilines is 2. The van der Waals surface area contributed by atoms with E-state index in [0.717, 1.165) is 0 Å². The van der Waals surface area contributed by atoms with Gasteiger partial charge in [0.05, 0.1) is 28.3 Å². The number of ether oxygens (including phenoxy) is 1. The number of hydrogen-bond donors (Lipinski definition) is 3. The van der Waals surface area contributed by atoms with E-state index < -0.39 is 10.0 Å². The number of hydrogen-bond acceptors (Lipinski definition) is 6. The number of nitrogens with one attached hydrogen (secondary N) is 1. The van der Waals surface area contributed by atoms with Crippen LogP contribution in [-0.4, -0.2) is 26.5 Å². The largest absolute Gasteiger partial charge is 0.463 e. The zero-order valence-corrected chi connectivity index (χ0v) is 14.8. The lowest BCUT2D eigenvalue weighted by Crippen LogP contribution is -2.39. The Morgan fingerprint density at radius 2 is 1.79 bits per heavy atom. The summed E-state index contributed by atoms with van der Waals surface area (Å²) >= 11 is 0. The summed E-state index contributed by atoms with van der Waals surface area (Å²) in [6.45, 7) is 3.63. The second kappa shape index (κ2) is 7.40. The number of carbonyl (C=O) groups is 1. The normalized spacial score (nSPS) is 21.6. The van der Waals surface area contributed by atoms with Crippen molar-refractivity contribution in [2.45, 2.75) is 56.6 Å². The second-order valence-corrected chi connectivity index (χ2v) is 8.16. The highest BCUT2D eigenvalue weighted by atomic mass is 32.2. The Hall–Kier alpha value is -1.80. The molecular weight excluding hydrogens is 330 g/mol. The summed E-state index contributed by atoms with van der Waals surface area (Å²) in [5.74, 6) is -0.349. The Bertz CT molecular complexity index is 695. The van der Waals surface area contributed by atoms with Crippen molar-refractivity contribution in [3.63, 3.8) is 0 Å². The second-order valence-electron chi connectivity index (χ2n) is 6.45. The van der Waals surface area contributed by atoms with Crippen molar-refractivity contribution in [3.05, 3.63) is 18.2 Å². The van der Waals surface area contributed by atoms with Gasteiger partial charge in [-0.1, -0.05) is 0 Å². The summed E-state index contributed by atoms with van der Waals surface area (Å²) in [6, 6.07) is 4.06. The topological polar surface area (TPSA) is 125 Å². The quantitative estimate of drug-likeness (QED) is 0.545. The lowest BCUT2D eigenvalue weighted by molar-refractivity contribution is -0.153. The number of nitrogens with two attached hydrogens (primary N) is 2. The average Bonchev–Trinajstić information content (AvgIpc) is 2.49. The molecule has 0 bridgehead atoms. The molecule has 5 N–H and O–H groups in total. The van der Waals surface area contributed by atoms with Crippen LogP contribution in [0.1, 0.15) is 39.5 Å². The van der Waals surface area contributed by atoms with Gasteiger partial charge in [0.15, 0.2) is 0 Å². The van der Waals surface area contributed by atoms with Crippen LogP contribution in [0.15, 0.2) is 23.1 Å². The molecule has 1 saturated carbocycles. The van der Waals surface area contributed by atoms with Crippen LogP contribution in [0.4, 0.5) is 11.4 Å². The maximum Gasteiger partial charge on any atom is 0.309 e. The van der Waals surface area contributed by atoms with E-state index in [4.69, 9.17) is 16.2 Å². The van der Waals surface area contributed by atoms with E-state index in [1.54, 1.807) is 0 Å². The molecular formula is C16H25N3O4S. The van der Waals surface area contributed by atoms with Crippen molar-refractivity contribution in [1.82, 2.24) is 4.72 Å². The number of nitrogen functional groups attached to an aromatic ring is 2. The van der Waals surface area contributed by atoms with Crippen molar-refractivity contribution in [3.8, 4) is 0 Å². The van der Waals surface area contributed by atoms with Crippen LogP contribution in [0.3, 0.4) is 0 Å². The molecule has 134 valence electrons. The summed E-state index contributed by atoms with van der Waals surface area (Å²) in [4.78, 5) is 12.0. The maximum absolute atomic E-state index is 12.4. The first-order valence-electron chi connectivity index (χ1n) is 8.07. The minimum absolute atomic E-state index is 0.0931. The van der Waals surface area contributed by atoms with Gasteiger partial charge in [0.2, 0.25) is 10.0 Å². The van der Waals surface area contributed by atoms with E-state index in [0.29, 0.717) is 31.4 Å². The molecule has 8 heteroatoms. The summed E-state index contributed by atoms with van der Waals surface area (Å²) in [5, 5.41) is 0. The third kappa shape index (κ3) is 4.61. The Labute approximate surface area is 142 Å². The molecule has 0 aliphatic heterocycles. The van der Waals surface area contributed by atoms with E-state index in [-0.39, 0.29) is 34.6 Å². The van der Waals surface area contributed by atoms with E-state index >= 15 is 0 Å². The Balaban J connectivity index is 1.95. The number of sulfonamides is 1. The molecule has 1 aromatic carbocycles. The van der Waals surface area contributed by atoms with E-state index in [1.165, 1.54) is 18.2 Å². The molecule has 0 unspecified atom stereocenters. The van der Waals surface area contributed by atoms with Gasteiger partial charge < -0.3 is 16.2 Å². The molecule has 0 heterocycles. The highest BCUT2D eigenvalue weighted by Gasteiger charge is 2.30. The molecule has 0 spiro atoms. The van der Waals surface area contributed by atoms with Crippen LogP contribution in [0.2, 0.25) is 0 Å². The molecule has 7 nitrogen and oxygen atoms in total. The SMILES string of the molecule is CC(C)OC(=O)[C@H]1CC[C@H](NS(=O)(=O)c2ccc(N)c(N)c2)CC1. The Morgan fingerprint density at radius 1 is 1.17 bits per heavy atom. The summed E-state index contributed by atoms with van der Waals surface area (Å²) in [7, 11) is -3.66. The molecule has 2 rings (SSSR count). The zero-order valence-electron chi connectivity index (χ0n) is 14.0. The van der Waals surface area contributed by atoms with Crippen molar-refractivity contribution < 1.29 is 17.9 Å². The van der Waals surface area contributed by atoms with Crippen LogP contribution < -0.4 is 16.2 Å². The highest BCUT2D eigenvalue weighted by Crippen LogP contribution is 2.27. The third-order valence-electron chi connectivity index (χ3n) is 4.10.